The number of carboxylic acid groups (broad SMARTS) is 1. The highest BCUT2D eigenvalue weighted by Gasteiger charge is 2.15. The summed E-state index contributed by atoms with van der Waals surface area (Å²) in [6.45, 7) is 0. The Balaban J connectivity index is 2.85. The largest absolute Gasteiger partial charge is 0.478 e. The lowest BCUT2D eigenvalue weighted by Crippen LogP contribution is -1.93. The summed E-state index contributed by atoms with van der Waals surface area (Å²) < 4.78 is 5.02. The molecule has 0 aliphatic rings. The maximum absolute atomic E-state index is 10.8. The second-order valence-electron chi connectivity index (χ2n) is 2.72. The molecule has 1 aromatic carbocycles. The summed E-state index contributed by atoms with van der Waals surface area (Å²) in [6.07, 6.45) is 1.15. The number of fused-ring (bicyclic) bond motifs is 1. The van der Waals surface area contributed by atoms with Crippen LogP contribution in [-0.4, -0.2) is 11.1 Å². The van der Waals surface area contributed by atoms with Gasteiger partial charge in [0.05, 0.1) is 10.4 Å². The Bertz CT molecular complexity index is 516. The van der Waals surface area contributed by atoms with E-state index in [0.717, 1.165) is 6.26 Å². The number of hydrogen-bond acceptors (Lipinski definition) is 2. The van der Waals surface area contributed by atoms with Crippen molar-refractivity contribution in [2.75, 3.05) is 0 Å². The van der Waals surface area contributed by atoms with Crippen molar-refractivity contribution in [3.8, 4) is 0 Å². The van der Waals surface area contributed by atoms with Crippen molar-refractivity contribution < 1.29 is 14.3 Å². The molecule has 0 aliphatic carbocycles. The number of benzene rings is 1. The van der Waals surface area contributed by atoms with Gasteiger partial charge >= 0.3 is 5.97 Å². The van der Waals surface area contributed by atoms with Crippen LogP contribution in [0.25, 0.3) is 11.0 Å². The van der Waals surface area contributed by atoms with Crippen LogP contribution in [0, 0.1) is 0 Å². The topological polar surface area (TPSA) is 50.4 Å². The van der Waals surface area contributed by atoms with Crippen LogP contribution in [0.15, 0.2) is 22.8 Å². The minimum atomic E-state index is -1.08. The second-order valence-corrected chi connectivity index (χ2v) is 3.56. The Hall–Kier alpha value is -1.19. The summed E-state index contributed by atoms with van der Waals surface area (Å²) in [5, 5.41) is 9.88. The number of halogens is 2. The van der Waals surface area contributed by atoms with Gasteiger partial charge in [-0.1, -0.05) is 23.2 Å². The van der Waals surface area contributed by atoms with Gasteiger partial charge in [0.25, 0.3) is 0 Å². The molecule has 0 amide bonds. The van der Waals surface area contributed by atoms with Crippen molar-refractivity contribution in [2.24, 2.45) is 0 Å². The van der Waals surface area contributed by atoms with Crippen LogP contribution in [0.2, 0.25) is 10.0 Å². The van der Waals surface area contributed by atoms with Gasteiger partial charge in [0.15, 0.2) is 0 Å². The van der Waals surface area contributed by atoms with E-state index in [1.807, 2.05) is 0 Å². The van der Waals surface area contributed by atoms with E-state index in [1.54, 1.807) is 0 Å². The van der Waals surface area contributed by atoms with Gasteiger partial charge in [-0.05, 0) is 6.07 Å². The van der Waals surface area contributed by atoms with Gasteiger partial charge in [0.1, 0.15) is 17.4 Å². The Morgan fingerprint density at radius 2 is 2.07 bits per heavy atom. The monoisotopic (exact) mass is 230 g/mol. The molecule has 72 valence electrons. The van der Waals surface area contributed by atoms with Gasteiger partial charge in [0, 0.05) is 11.1 Å². The number of rotatable bonds is 1. The number of carbonyl (C=O) groups is 1. The van der Waals surface area contributed by atoms with Crippen LogP contribution in [0.3, 0.4) is 0 Å². The molecule has 0 fully saturated rings. The van der Waals surface area contributed by atoms with E-state index >= 15 is 0 Å². The first kappa shape index (κ1) is 9.37. The third-order valence-corrected chi connectivity index (χ3v) is 2.34. The zero-order valence-corrected chi connectivity index (χ0v) is 8.26. The molecule has 14 heavy (non-hydrogen) atoms. The molecule has 1 heterocycles. The molecular weight excluding hydrogens is 227 g/mol. The van der Waals surface area contributed by atoms with Gasteiger partial charge < -0.3 is 9.52 Å². The standard InChI is InChI=1S/C9H4Cl2O3/c10-4-1-6(11)8-5(9(12)13)3-14-7(8)2-4/h1-3H,(H,12,13). The van der Waals surface area contributed by atoms with Crippen LogP contribution >= 0.6 is 23.2 Å². The molecular formula is C9H4Cl2O3. The van der Waals surface area contributed by atoms with E-state index in [2.05, 4.69) is 0 Å². The van der Waals surface area contributed by atoms with E-state index in [-0.39, 0.29) is 10.6 Å². The molecule has 3 nitrogen and oxygen atoms in total. The Labute approximate surface area is 88.8 Å². The third-order valence-electron chi connectivity index (χ3n) is 1.82. The molecule has 0 saturated heterocycles. The first-order valence-electron chi connectivity index (χ1n) is 3.69. The fourth-order valence-electron chi connectivity index (χ4n) is 1.24. The van der Waals surface area contributed by atoms with Crippen LogP contribution in [-0.2, 0) is 0 Å². The summed E-state index contributed by atoms with van der Waals surface area (Å²) in [5.41, 5.74) is 0.418. The molecule has 1 aromatic heterocycles. The van der Waals surface area contributed by atoms with Crippen molar-refractivity contribution in [3.05, 3.63) is 34.0 Å². The number of aromatic carboxylic acids is 1. The number of carboxylic acids is 1. The highest BCUT2D eigenvalue weighted by molar-refractivity contribution is 6.39. The molecule has 0 spiro atoms. The molecule has 2 aromatic rings. The summed E-state index contributed by atoms with van der Waals surface area (Å²) in [4.78, 5) is 10.8. The van der Waals surface area contributed by atoms with E-state index in [9.17, 15) is 4.79 Å². The number of furan rings is 1. The fourth-order valence-corrected chi connectivity index (χ4v) is 1.82. The minimum Gasteiger partial charge on any atom is -0.478 e. The van der Waals surface area contributed by atoms with Crippen molar-refractivity contribution >= 4 is 40.1 Å². The maximum Gasteiger partial charge on any atom is 0.339 e. The van der Waals surface area contributed by atoms with Crippen molar-refractivity contribution in [1.82, 2.24) is 0 Å². The minimum absolute atomic E-state index is 0.0432. The van der Waals surface area contributed by atoms with Crippen molar-refractivity contribution in [2.45, 2.75) is 0 Å². The van der Waals surface area contributed by atoms with E-state index in [0.29, 0.717) is 16.0 Å². The molecule has 1 N–H and O–H groups in total. The van der Waals surface area contributed by atoms with Crippen molar-refractivity contribution in [1.29, 1.82) is 0 Å². The van der Waals surface area contributed by atoms with Gasteiger partial charge in [-0.3, -0.25) is 0 Å². The summed E-state index contributed by atoms with van der Waals surface area (Å²) in [7, 11) is 0. The zero-order chi connectivity index (χ0) is 10.3. The lowest BCUT2D eigenvalue weighted by Gasteiger charge is -1.95. The molecule has 2 rings (SSSR count). The normalized spacial score (nSPS) is 10.7. The third kappa shape index (κ3) is 1.35. The SMILES string of the molecule is O=C(O)c1coc2cc(Cl)cc(Cl)c12. The van der Waals surface area contributed by atoms with Gasteiger partial charge in [0.2, 0.25) is 0 Å². The van der Waals surface area contributed by atoms with Gasteiger partial charge in [-0.2, -0.15) is 0 Å². The molecule has 0 aliphatic heterocycles. The predicted octanol–water partition coefficient (Wildman–Crippen LogP) is 3.44. The first-order chi connectivity index (χ1) is 6.59. The van der Waals surface area contributed by atoms with E-state index in [1.165, 1.54) is 12.1 Å². The quantitative estimate of drug-likeness (QED) is 0.817. The lowest BCUT2D eigenvalue weighted by molar-refractivity contribution is 0.0698. The Kier molecular flexibility index (Phi) is 2.13. The molecule has 0 atom stereocenters. The van der Waals surface area contributed by atoms with Gasteiger partial charge in [-0.15, -0.1) is 0 Å². The van der Waals surface area contributed by atoms with Crippen LogP contribution < -0.4 is 0 Å². The summed E-state index contributed by atoms with van der Waals surface area (Å²) in [5.74, 6) is -1.08. The Morgan fingerprint density at radius 1 is 1.36 bits per heavy atom. The smallest absolute Gasteiger partial charge is 0.339 e. The van der Waals surface area contributed by atoms with Crippen LogP contribution in [0.4, 0.5) is 0 Å². The number of hydrogen-bond donors (Lipinski definition) is 1. The molecule has 0 radical (unpaired) electrons. The van der Waals surface area contributed by atoms with E-state index < -0.39 is 5.97 Å². The lowest BCUT2D eigenvalue weighted by atomic mass is 10.2. The zero-order valence-electron chi connectivity index (χ0n) is 6.75. The highest BCUT2D eigenvalue weighted by atomic mass is 35.5. The summed E-state index contributed by atoms with van der Waals surface area (Å²) in [6, 6.07) is 3.00. The average molecular weight is 231 g/mol. The highest BCUT2D eigenvalue weighted by Crippen LogP contribution is 2.31. The fraction of sp³-hybridized carbons (Fsp3) is 0. The molecule has 0 bridgehead atoms. The maximum atomic E-state index is 10.8. The summed E-state index contributed by atoms with van der Waals surface area (Å²) >= 11 is 11.6. The average Bonchev–Trinajstić information content (AvgIpc) is 2.47. The first-order valence-corrected chi connectivity index (χ1v) is 4.44. The van der Waals surface area contributed by atoms with E-state index in [4.69, 9.17) is 32.7 Å². The second kappa shape index (κ2) is 3.19. The molecule has 0 unspecified atom stereocenters. The van der Waals surface area contributed by atoms with Crippen LogP contribution in [0.1, 0.15) is 10.4 Å². The van der Waals surface area contributed by atoms with Crippen LogP contribution in [0.5, 0.6) is 0 Å². The molecule has 5 heteroatoms. The predicted molar refractivity (Wildman–Crippen MR) is 53.2 cm³/mol. The Morgan fingerprint density at radius 3 is 2.71 bits per heavy atom. The molecule has 0 saturated carbocycles. The van der Waals surface area contributed by atoms with Crippen molar-refractivity contribution in [3.63, 3.8) is 0 Å². The van der Waals surface area contributed by atoms with Gasteiger partial charge in [-0.25, -0.2) is 4.79 Å².